The topological polar surface area (TPSA) is 104 Å². The summed E-state index contributed by atoms with van der Waals surface area (Å²) >= 11 is 0. The van der Waals surface area contributed by atoms with E-state index < -0.39 is 29.9 Å². The van der Waals surface area contributed by atoms with Crippen molar-refractivity contribution in [3.63, 3.8) is 0 Å². The molecule has 7 aliphatic rings. The van der Waals surface area contributed by atoms with Gasteiger partial charge in [0, 0.05) is 24.2 Å². The molecule has 230 valence electrons. The molecule has 0 amide bonds. The van der Waals surface area contributed by atoms with Crippen LogP contribution in [0.1, 0.15) is 96.8 Å². The molecule has 3 N–H and O–H groups in total. The van der Waals surface area contributed by atoms with Gasteiger partial charge in [0.2, 0.25) is 0 Å². The number of carboxylic acids is 1. The van der Waals surface area contributed by atoms with Gasteiger partial charge in [-0.3, -0.25) is 9.38 Å². The molecule has 41 heavy (non-hydrogen) atoms. The van der Waals surface area contributed by atoms with Crippen molar-refractivity contribution in [1.29, 1.82) is 0 Å². The molecule has 0 aromatic heterocycles. The number of carbonyl (C=O) groups is 1. The van der Waals surface area contributed by atoms with Crippen LogP contribution in [0, 0.1) is 17.3 Å². The molecule has 7 heteroatoms. The Balaban J connectivity index is 0.000000794. The largest absolute Gasteiger partial charge is 0.550 e. The predicted molar refractivity (Wildman–Crippen MR) is 158 cm³/mol. The molecule has 6 bridgehead atoms. The Morgan fingerprint density at radius 2 is 1.63 bits per heavy atom. The smallest absolute Gasteiger partial charge is 0.198 e. The summed E-state index contributed by atoms with van der Waals surface area (Å²) in [5.41, 5.74) is -0.649. The minimum Gasteiger partial charge on any atom is -0.550 e. The predicted octanol–water partition coefficient (Wildman–Crippen LogP) is 3.44. The van der Waals surface area contributed by atoms with Gasteiger partial charge in [-0.25, -0.2) is 0 Å². The van der Waals surface area contributed by atoms with Crippen molar-refractivity contribution in [2.75, 3.05) is 26.2 Å². The highest BCUT2D eigenvalue weighted by atomic mass is 16.4. The number of piperidine rings is 2. The number of nitrogens with zero attached hydrogens (tertiary/aromatic N) is 2. The van der Waals surface area contributed by atoms with Crippen molar-refractivity contribution in [3.05, 3.63) is 36.5 Å². The third-order valence-electron chi connectivity index (χ3n) is 11.8. The van der Waals surface area contributed by atoms with E-state index in [9.17, 15) is 15.3 Å². The summed E-state index contributed by atoms with van der Waals surface area (Å²) in [6.45, 7) is 5.03. The molecule has 7 rings (SSSR count). The first kappa shape index (κ1) is 30.9. The first-order valence-corrected chi connectivity index (χ1v) is 16.6. The van der Waals surface area contributed by atoms with Gasteiger partial charge >= 0.3 is 0 Å². The van der Waals surface area contributed by atoms with Crippen LogP contribution in [-0.2, 0) is 4.79 Å². The Morgan fingerprint density at radius 3 is 2.39 bits per heavy atom. The number of hydrogen-bond donors (Lipinski definition) is 3. The third kappa shape index (κ3) is 5.28. The zero-order chi connectivity index (χ0) is 29.1. The van der Waals surface area contributed by atoms with E-state index in [2.05, 4.69) is 23.1 Å². The summed E-state index contributed by atoms with van der Waals surface area (Å²) in [7, 11) is 0. The summed E-state index contributed by atoms with van der Waals surface area (Å²) in [5.74, 6) is -0.152. The summed E-state index contributed by atoms with van der Waals surface area (Å²) in [6.07, 6.45) is 26.6. The third-order valence-corrected chi connectivity index (χ3v) is 11.8. The van der Waals surface area contributed by atoms with Crippen molar-refractivity contribution >= 4 is 5.97 Å². The molecule has 3 spiro atoms. The van der Waals surface area contributed by atoms with Gasteiger partial charge in [-0.15, -0.1) is 0 Å². The molecule has 0 radical (unpaired) electrons. The normalized spacial score (nSPS) is 46.4. The summed E-state index contributed by atoms with van der Waals surface area (Å²) < 4.78 is 0.638. The van der Waals surface area contributed by atoms with Gasteiger partial charge < -0.3 is 25.2 Å². The lowest BCUT2D eigenvalue weighted by molar-refractivity contribution is -1.00. The van der Waals surface area contributed by atoms with Crippen molar-refractivity contribution in [2.45, 2.75) is 127 Å². The first-order chi connectivity index (χ1) is 19.8. The average Bonchev–Trinajstić information content (AvgIpc) is 3.23. The molecule has 5 saturated heterocycles. The maximum Gasteiger partial charge on any atom is 0.198 e. The number of carboxylic acid groups (broad SMARTS) is 1. The van der Waals surface area contributed by atoms with Gasteiger partial charge in [-0.05, 0) is 58.5 Å². The summed E-state index contributed by atoms with van der Waals surface area (Å²) in [5, 5.41) is 45.4. The number of hydrogen-bond acceptors (Lipinski definition) is 6. The lowest BCUT2D eigenvalue weighted by atomic mass is 9.52. The zero-order valence-corrected chi connectivity index (χ0v) is 25.2. The second kappa shape index (κ2) is 13.0. The van der Waals surface area contributed by atoms with Crippen molar-refractivity contribution in [2.24, 2.45) is 17.3 Å². The number of aliphatic hydroxyl groups excluding tert-OH is 3. The highest BCUT2D eigenvalue weighted by Crippen LogP contribution is 2.73. The van der Waals surface area contributed by atoms with Crippen LogP contribution in [-0.4, -0.2) is 86.9 Å². The van der Waals surface area contributed by atoms with E-state index in [1.54, 1.807) is 0 Å². The minimum absolute atomic E-state index is 0.158. The number of allylic oxidation sites excluding steroid dienone is 5. The number of rotatable bonds is 0. The first-order valence-electron chi connectivity index (χ1n) is 16.6. The Labute approximate surface area is 247 Å². The molecule has 1 aliphatic carbocycles. The van der Waals surface area contributed by atoms with Crippen LogP contribution in [0.3, 0.4) is 0 Å². The quantitative estimate of drug-likeness (QED) is 0.305. The summed E-state index contributed by atoms with van der Waals surface area (Å²) in [6, 6.07) is 0.158. The van der Waals surface area contributed by atoms with Gasteiger partial charge in [-0.1, -0.05) is 81.4 Å². The zero-order valence-electron chi connectivity index (χ0n) is 25.2. The lowest BCUT2D eigenvalue weighted by Crippen LogP contribution is -2.77. The van der Waals surface area contributed by atoms with Gasteiger partial charge in [0.15, 0.2) is 11.8 Å². The van der Waals surface area contributed by atoms with Crippen LogP contribution in [0.15, 0.2) is 36.5 Å². The lowest BCUT2D eigenvalue weighted by Gasteiger charge is -2.58. The molecule has 5 unspecified atom stereocenters. The SMILES string of the molecule is CC(=O)[O-].OC1C23CCCCCCCCCCN4CCC5[C@@H](C2)C[N+]12CCC/C=C\CC=C/C=C/[C@@H](O)[C@@H](O)[C@@]52C43. The van der Waals surface area contributed by atoms with Crippen molar-refractivity contribution in [1.82, 2.24) is 4.90 Å². The highest BCUT2D eigenvalue weighted by molar-refractivity contribution is 5.60. The number of carbonyl (C=O) groups excluding carboxylic acids is 1. The summed E-state index contributed by atoms with van der Waals surface area (Å²) in [4.78, 5) is 11.6. The van der Waals surface area contributed by atoms with Crippen molar-refractivity contribution < 1.29 is 29.7 Å². The molecule has 6 aliphatic heterocycles. The minimum atomic E-state index is -1.08. The Hall–Kier alpha value is -1.51. The molecule has 6 fully saturated rings. The van der Waals surface area contributed by atoms with Crippen LogP contribution in [0.4, 0.5) is 0 Å². The molecule has 1 saturated carbocycles. The molecule has 6 heterocycles. The fourth-order valence-electron chi connectivity index (χ4n) is 10.7. The maximum absolute atomic E-state index is 12.6. The number of aliphatic hydroxyl groups is 3. The van der Waals surface area contributed by atoms with Gasteiger partial charge in [0.1, 0.15) is 12.2 Å². The van der Waals surface area contributed by atoms with E-state index in [0.29, 0.717) is 16.3 Å². The maximum atomic E-state index is 12.6. The fourth-order valence-corrected chi connectivity index (χ4v) is 10.7. The van der Waals surface area contributed by atoms with Gasteiger partial charge in [0.25, 0.3) is 0 Å². The van der Waals surface area contributed by atoms with E-state index in [-0.39, 0.29) is 11.5 Å². The molecule has 0 aromatic carbocycles. The number of quaternary nitrogens is 1. The Morgan fingerprint density at radius 1 is 0.927 bits per heavy atom. The number of aliphatic carboxylic acids is 1. The van der Waals surface area contributed by atoms with E-state index in [0.717, 1.165) is 71.6 Å². The van der Waals surface area contributed by atoms with E-state index in [4.69, 9.17) is 9.90 Å². The van der Waals surface area contributed by atoms with Crippen molar-refractivity contribution in [3.8, 4) is 0 Å². The van der Waals surface area contributed by atoms with Crippen LogP contribution in [0.25, 0.3) is 0 Å². The standard InChI is InChI=1S/C32H51N2O3.C2H4O2/c35-27-17-13-9-5-1-4-8-12-16-22-34-24-25-23-31(30(34)37)19-14-10-6-2-3-7-11-15-20-33-21-18-26(25)32(34,28(27)36)29(31)33;1-2(3)4/h4-5,8-9,13,17,25-30,35-37H,1-3,6-7,10-12,14-16,18-24H2;1H3,(H,3,4)/q+1;/p-1/b8-4-,9-5?,17-13+;/t25-,26?,27+,28+,29?,30?,31?,32+,34?;/m0./s1. The van der Waals surface area contributed by atoms with Gasteiger partial charge in [0.05, 0.1) is 24.5 Å². The van der Waals surface area contributed by atoms with E-state index in [1.807, 2.05) is 18.2 Å². The average molecular weight is 571 g/mol. The van der Waals surface area contributed by atoms with Crippen LogP contribution in [0.5, 0.6) is 0 Å². The van der Waals surface area contributed by atoms with E-state index in [1.165, 1.54) is 51.4 Å². The monoisotopic (exact) mass is 570 g/mol. The van der Waals surface area contributed by atoms with Gasteiger partial charge in [-0.2, -0.15) is 0 Å². The van der Waals surface area contributed by atoms with E-state index >= 15 is 0 Å². The second-order valence-corrected chi connectivity index (χ2v) is 13.9. The molecule has 9 atom stereocenters. The Kier molecular flexibility index (Phi) is 9.81. The van der Waals surface area contributed by atoms with Crippen LogP contribution in [0.2, 0.25) is 0 Å². The molecule has 7 nitrogen and oxygen atoms in total. The second-order valence-electron chi connectivity index (χ2n) is 13.9. The fraction of sp³-hybridized carbons (Fsp3) is 0.794. The molecular weight excluding hydrogens is 516 g/mol. The molecule has 0 aromatic rings. The Bertz CT molecular complexity index is 994. The van der Waals surface area contributed by atoms with Crippen LogP contribution < -0.4 is 5.11 Å². The van der Waals surface area contributed by atoms with Crippen LogP contribution >= 0.6 is 0 Å². The molecular formula is C34H54N2O5. The highest BCUT2D eigenvalue weighted by Gasteiger charge is 2.89.